The van der Waals surface area contributed by atoms with Gasteiger partial charge in [0.2, 0.25) is 11.8 Å². The van der Waals surface area contributed by atoms with E-state index >= 15 is 0 Å². The second-order valence-corrected chi connectivity index (χ2v) is 7.41. The number of nitrogens with one attached hydrogen (secondary N) is 3. The summed E-state index contributed by atoms with van der Waals surface area (Å²) >= 11 is 0. The third-order valence-corrected chi connectivity index (χ3v) is 4.91. The number of carbonyl (C=O) groups excluding carboxylic acids is 2. The molecule has 0 saturated carbocycles. The van der Waals surface area contributed by atoms with Crippen LogP contribution in [0.2, 0.25) is 0 Å². The topological polar surface area (TPSA) is 104 Å². The van der Waals surface area contributed by atoms with Crippen molar-refractivity contribution in [2.24, 2.45) is 4.99 Å². The molecule has 1 fully saturated rings. The fourth-order valence-electron chi connectivity index (χ4n) is 3.42. The maximum atomic E-state index is 12.2. The molecule has 1 aromatic carbocycles. The fourth-order valence-corrected chi connectivity index (χ4v) is 3.42. The molecular weight excluding hydrogens is 394 g/mol. The lowest BCUT2D eigenvalue weighted by molar-refractivity contribution is -0.127. The highest BCUT2D eigenvalue weighted by molar-refractivity contribution is 5.90. The van der Waals surface area contributed by atoms with Crippen molar-refractivity contribution in [2.75, 3.05) is 31.5 Å². The van der Waals surface area contributed by atoms with Gasteiger partial charge in [0, 0.05) is 50.7 Å². The van der Waals surface area contributed by atoms with Crippen molar-refractivity contribution in [2.45, 2.75) is 39.3 Å². The van der Waals surface area contributed by atoms with Gasteiger partial charge in [-0.2, -0.15) is 5.10 Å². The molecule has 2 heterocycles. The highest BCUT2D eigenvalue weighted by atomic mass is 16.2. The van der Waals surface area contributed by atoms with Crippen LogP contribution in [0.4, 0.5) is 5.69 Å². The van der Waals surface area contributed by atoms with E-state index in [9.17, 15) is 9.59 Å². The summed E-state index contributed by atoms with van der Waals surface area (Å²) in [7, 11) is 0. The van der Waals surface area contributed by atoms with Crippen molar-refractivity contribution in [1.82, 2.24) is 25.3 Å². The molecule has 1 aromatic heterocycles. The van der Waals surface area contributed by atoms with Gasteiger partial charge >= 0.3 is 0 Å². The van der Waals surface area contributed by atoms with Crippen molar-refractivity contribution in [3.8, 4) is 0 Å². The first-order valence-corrected chi connectivity index (χ1v) is 10.8. The van der Waals surface area contributed by atoms with E-state index in [1.54, 1.807) is 23.1 Å². The Kier molecular flexibility index (Phi) is 8.45. The minimum absolute atomic E-state index is 0.129. The number of amides is 2. The summed E-state index contributed by atoms with van der Waals surface area (Å²) in [5, 5.41) is 13.5. The van der Waals surface area contributed by atoms with Crippen LogP contribution in [0.3, 0.4) is 0 Å². The molecule has 9 nitrogen and oxygen atoms in total. The van der Waals surface area contributed by atoms with Crippen molar-refractivity contribution >= 4 is 23.5 Å². The molecule has 1 aliphatic heterocycles. The molecule has 0 atom stereocenters. The maximum absolute atomic E-state index is 12.2. The van der Waals surface area contributed by atoms with Crippen LogP contribution in [0.25, 0.3) is 0 Å². The Hall–Kier alpha value is -3.36. The molecule has 2 amide bonds. The molecule has 31 heavy (non-hydrogen) atoms. The fraction of sp³-hybridized carbons (Fsp3) is 0.455. The molecule has 0 radical (unpaired) electrons. The number of hydrogen-bond acceptors (Lipinski definition) is 4. The van der Waals surface area contributed by atoms with Crippen LogP contribution >= 0.6 is 0 Å². The van der Waals surface area contributed by atoms with E-state index in [0.29, 0.717) is 13.0 Å². The van der Waals surface area contributed by atoms with Gasteiger partial charge in [-0.1, -0.05) is 12.1 Å². The number of aromatic nitrogens is 2. The van der Waals surface area contributed by atoms with E-state index in [0.717, 1.165) is 56.2 Å². The number of carbonyl (C=O) groups is 2. The van der Waals surface area contributed by atoms with Crippen LogP contribution in [0.5, 0.6) is 0 Å². The Morgan fingerprint density at radius 2 is 2.16 bits per heavy atom. The van der Waals surface area contributed by atoms with Gasteiger partial charge in [-0.25, -0.2) is 4.99 Å². The summed E-state index contributed by atoms with van der Waals surface area (Å²) in [5.41, 5.74) is 1.73. The molecule has 9 heteroatoms. The SMILES string of the molecule is CCNC(=NCc1cccc(NC(=O)Cn2cccn2)c1)NCCCN1CCCC1=O. The summed E-state index contributed by atoms with van der Waals surface area (Å²) < 4.78 is 1.58. The maximum Gasteiger partial charge on any atom is 0.246 e. The third-order valence-electron chi connectivity index (χ3n) is 4.91. The number of rotatable bonds is 10. The molecule has 3 rings (SSSR count). The lowest BCUT2D eigenvalue weighted by Gasteiger charge is -2.16. The van der Waals surface area contributed by atoms with Gasteiger partial charge in [0.05, 0.1) is 6.54 Å². The van der Waals surface area contributed by atoms with Crippen LogP contribution < -0.4 is 16.0 Å². The van der Waals surface area contributed by atoms with Gasteiger partial charge in [-0.3, -0.25) is 14.3 Å². The highest BCUT2D eigenvalue weighted by Crippen LogP contribution is 2.12. The molecule has 166 valence electrons. The zero-order valence-corrected chi connectivity index (χ0v) is 18.0. The monoisotopic (exact) mass is 425 g/mol. The van der Waals surface area contributed by atoms with E-state index in [1.165, 1.54) is 0 Å². The number of guanidine groups is 1. The van der Waals surface area contributed by atoms with E-state index in [1.807, 2.05) is 36.1 Å². The average molecular weight is 426 g/mol. The first-order valence-electron chi connectivity index (χ1n) is 10.8. The second kappa shape index (κ2) is 11.7. The summed E-state index contributed by atoms with van der Waals surface area (Å²) in [5.74, 6) is 0.872. The number of anilines is 1. The molecule has 1 saturated heterocycles. The number of likely N-dealkylation sites (tertiary alicyclic amines) is 1. The van der Waals surface area contributed by atoms with Crippen LogP contribution in [0.15, 0.2) is 47.7 Å². The standard InChI is InChI=1S/C22H31N7O2/c1-2-23-22(24-10-5-13-28-12-4-9-21(28)31)25-16-18-7-3-8-19(15-18)27-20(30)17-29-14-6-11-26-29/h3,6-8,11,14-15H,2,4-5,9-10,12-13,16-17H2,1H3,(H,27,30)(H2,23,24,25). The predicted molar refractivity (Wildman–Crippen MR) is 121 cm³/mol. The zero-order valence-electron chi connectivity index (χ0n) is 18.0. The van der Waals surface area contributed by atoms with Crippen LogP contribution in [-0.4, -0.2) is 58.6 Å². The largest absolute Gasteiger partial charge is 0.357 e. The highest BCUT2D eigenvalue weighted by Gasteiger charge is 2.18. The number of benzene rings is 1. The quantitative estimate of drug-likeness (QED) is 0.305. The predicted octanol–water partition coefficient (Wildman–Crippen LogP) is 1.59. The molecule has 0 spiro atoms. The Labute approximate surface area is 182 Å². The summed E-state index contributed by atoms with van der Waals surface area (Å²) in [6.07, 6.45) is 5.93. The van der Waals surface area contributed by atoms with Crippen molar-refractivity contribution in [3.63, 3.8) is 0 Å². The zero-order chi connectivity index (χ0) is 21.9. The minimum Gasteiger partial charge on any atom is -0.357 e. The number of nitrogens with zero attached hydrogens (tertiary/aromatic N) is 4. The minimum atomic E-state index is -0.129. The van der Waals surface area contributed by atoms with Crippen molar-refractivity contribution in [1.29, 1.82) is 0 Å². The second-order valence-electron chi connectivity index (χ2n) is 7.41. The lowest BCUT2D eigenvalue weighted by Crippen LogP contribution is -2.39. The Morgan fingerprint density at radius 1 is 1.26 bits per heavy atom. The van der Waals surface area contributed by atoms with Crippen LogP contribution in [-0.2, 0) is 22.7 Å². The summed E-state index contributed by atoms with van der Waals surface area (Å²) in [4.78, 5) is 30.4. The van der Waals surface area contributed by atoms with Gasteiger partial charge < -0.3 is 20.9 Å². The molecule has 0 bridgehead atoms. The Bertz CT molecular complexity index is 880. The van der Waals surface area contributed by atoms with E-state index in [2.05, 4.69) is 26.0 Å². The molecular formula is C22H31N7O2. The van der Waals surface area contributed by atoms with Crippen molar-refractivity contribution in [3.05, 3.63) is 48.3 Å². The van der Waals surface area contributed by atoms with E-state index < -0.39 is 0 Å². The normalized spacial score (nSPS) is 14.0. The van der Waals surface area contributed by atoms with Crippen LogP contribution in [0, 0.1) is 0 Å². The Balaban J connectivity index is 1.47. The number of hydrogen-bond donors (Lipinski definition) is 3. The molecule has 0 unspecified atom stereocenters. The average Bonchev–Trinajstić information content (AvgIpc) is 3.41. The summed E-state index contributed by atoms with van der Waals surface area (Å²) in [6.45, 7) is 5.86. The molecule has 2 aromatic rings. The van der Waals surface area contributed by atoms with Crippen LogP contribution in [0.1, 0.15) is 31.7 Å². The molecule has 1 aliphatic rings. The number of aliphatic imine (C=N–C) groups is 1. The van der Waals surface area contributed by atoms with Crippen molar-refractivity contribution < 1.29 is 9.59 Å². The molecule has 0 aliphatic carbocycles. The van der Waals surface area contributed by atoms with Gasteiger partial charge in [0.15, 0.2) is 5.96 Å². The molecule has 3 N–H and O–H groups in total. The smallest absolute Gasteiger partial charge is 0.246 e. The third kappa shape index (κ3) is 7.44. The first kappa shape index (κ1) is 22.3. The summed E-state index contributed by atoms with van der Waals surface area (Å²) in [6, 6.07) is 9.45. The first-order chi connectivity index (χ1) is 15.1. The lowest BCUT2D eigenvalue weighted by atomic mass is 10.2. The van der Waals surface area contributed by atoms with E-state index in [4.69, 9.17) is 0 Å². The van der Waals surface area contributed by atoms with Gasteiger partial charge in [-0.05, 0) is 43.5 Å². The van der Waals surface area contributed by atoms with E-state index in [-0.39, 0.29) is 18.4 Å². The van der Waals surface area contributed by atoms with Gasteiger partial charge in [-0.15, -0.1) is 0 Å². The Morgan fingerprint density at radius 3 is 2.90 bits per heavy atom. The van der Waals surface area contributed by atoms with Gasteiger partial charge in [0.1, 0.15) is 6.54 Å². The van der Waals surface area contributed by atoms with Gasteiger partial charge in [0.25, 0.3) is 0 Å².